The highest BCUT2D eigenvalue weighted by atomic mass is 35.5. The van der Waals surface area contributed by atoms with Crippen molar-refractivity contribution in [3.8, 4) is 11.1 Å². The van der Waals surface area contributed by atoms with Gasteiger partial charge >= 0.3 is 0 Å². The molecule has 2 aromatic rings. The zero-order valence-electron chi connectivity index (χ0n) is 11.1. The lowest BCUT2D eigenvalue weighted by Gasteiger charge is -2.09. The number of aromatic nitrogens is 2. The van der Waals surface area contributed by atoms with Crippen molar-refractivity contribution in [1.29, 1.82) is 0 Å². The molecule has 0 saturated carbocycles. The number of anilines is 1. The molecule has 7 heteroatoms. The number of halogens is 2. The molecule has 2 rings (SSSR count). The van der Waals surface area contributed by atoms with Crippen LogP contribution >= 0.6 is 11.6 Å². The molecule has 0 saturated heterocycles. The van der Waals surface area contributed by atoms with Gasteiger partial charge < -0.3 is 10.6 Å². The highest BCUT2D eigenvalue weighted by Crippen LogP contribution is 2.32. The Kier molecular flexibility index (Phi) is 3.94. The van der Waals surface area contributed by atoms with E-state index in [0.717, 1.165) is 0 Å². The number of rotatable bonds is 3. The summed E-state index contributed by atoms with van der Waals surface area (Å²) in [6, 6.07) is 3.06. The Hall–Kier alpha value is -2.08. The molecule has 0 aliphatic rings. The molecule has 0 aliphatic carbocycles. The monoisotopic (exact) mass is 296 g/mol. The molecule has 1 aromatic carbocycles. The van der Waals surface area contributed by atoms with Crippen molar-refractivity contribution in [1.82, 2.24) is 14.7 Å². The quantitative estimate of drug-likeness (QED) is 0.881. The van der Waals surface area contributed by atoms with E-state index in [2.05, 4.69) is 5.10 Å². The van der Waals surface area contributed by atoms with E-state index in [1.54, 1.807) is 26.4 Å². The smallest absolute Gasteiger partial charge is 0.243 e. The number of carbonyl (C=O) groups excluding carboxylic acids is 1. The van der Waals surface area contributed by atoms with Gasteiger partial charge in [-0.1, -0.05) is 17.7 Å². The molecule has 0 unspecified atom stereocenters. The van der Waals surface area contributed by atoms with Crippen molar-refractivity contribution in [3.05, 3.63) is 35.4 Å². The maximum Gasteiger partial charge on any atom is 0.243 e. The van der Waals surface area contributed by atoms with E-state index < -0.39 is 5.82 Å². The summed E-state index contributed by atoms with van der Waals surface area (Å²) in [5.74, 6) is -0.740. The van der Waals surface area contributed by atoms with Gasteiger partial charge in [-0.25, -0.2) is 4.39 Å². The molecule has 0 aliphatic heterocycles. The van der Waals surface area contributed by atoms with Gasteiger partial charge in [0.15, 0.2) is 5.82 Å². The van der Waals surface area contributed by atoms with Crippen LogP contribution in [0.4, 0.5) is 10.1 Å². The number of benzene rings is 1. The number of nitrogens with zero attached hydrogens (tertiary/aromatic N) is 3. The zero-order chi connectivity index (χ0) is 14.9. The van der Waals surface area contributed by atoms with E-state index in [-0.39, 0.29) is 23.2 Å². The molecule has 106 valence electrons. The van der Waals surface area contributed by atoms with Crippen molar-refractivity contribution in [2.45, 2.75) is 6.54 Å². The van der Waals surface area contributed by atoms with Crippen LogP contribution in [0, 0.1) is 5.82 Å². The van der Waals surface area contributed by atoms with Gasteiger partial charge in [0.25, 0.3) is 0 Å². The third-order valence-electron chi connectivity index (χ3n) is 2.85. The first kappa shape index (κ1) is 14.3. The molecule has 0 radical (unpaired) electrons. The number of hydrogen-bond donors (Lipinski definition) is 1. The van der Waals surface area contributed by atoms with Crippen molar-refractivity contribution < 1.29 is 9.18 Å². The molecular formula is C13H14ClFN4O. The number of likely N-dealkylation sites (N-methyl/N-ethyl adjacent to an activating group) is 1. The first-order chi connectivity index (χ1) is 9.40. The molecule has 1 amide bonds. The van der Waals surface area contributed by atoms with Crippen LogP contribution in [0.2, 0.25) is 5.02 Å². The lowest BCUT2D eigenvalue weighted by atomic mass is 10.1. The molecule has 0 fully saturated rings. The van der Waals surface area contributed by atoms with Crippen molar-refractivity contribution in [3.63, 3.8) is 0 Å². The number of nitrogen functional groups attached to an aromatic ring is 1. The van der Waals surface area contributed by atoms with Crippen LogP contribution in [-0.4, -0.2) is 34.7 Å². The molecule has 0 atom stereocenters. The Morgan fingerprint density at radius 1 is 1.50 bits per heavy atom. The van der Waals surface area contributed by atoms with Gasteiger partial charge in [-0.3, -0.25) is 9.48 Å². The Morgan fingerprint density at radius 2 is 2.20 bits per heavy atom. The van der Waals surface area contributed by atoms with Gasteiger partial charge in [0, 0.05) is 31.4 Å². The van der Waals surface area contributed by atoms with Crippen LogP contribution in [0.1, 0.15) is 0 Å². The van der Waals surface area contributed by atoms with Crippen molar-refractivity contribution in [2.24, 2.45) is 0 Å². The second-order valence-electron chi connectivity index (χ2n) is 4.55. The van der Waals surface area contributed by atoms with Gasteiger partial charge in [-0.05, 0) is 6.07 Å². The second-order valence-corrected chi connectivity index (χ2v) is 4.92. The fourth-order valence-corrected chi connectivity index (χ4v) is 1.94. The minimum atomic E-state index is -0.652. The summed E-state index contributed by atoms with van der Waals surface area (Å²) in [5, 5.41) is 4.01. The second kappa shape index (κ2) is 5.50. The lowest BCUT2D eigenvalue weighted by Crippen LogP contribution is -2.26. The van der Waals surface area contributed by atoms with Crippen LogP contribution in [0.5, 0.6) is 0 Å². The summed E-state index contributed by atoms with van der Waals surface area (Å²) in [6.07, 6.45) is 3.16. The normalized spacial score (nSPS) is 10.6. The predicted octanol–water partition coefficient (Wildman–Crippen LogP) is 2.01. The zero-order valence-corrected chi connectivity index (χ0v) is 11.9. The van der Waals surface area contributed by atoms with Gasteiger partial charge in [-0.15, -0.1) is 0 Å². The van der Waals surface area contributed by atoms with Gasteiger partial charge in [0.05, 0.1) is 16.9 Å². The third kappa shape index (κ3) is 2.75. The summed E-state index contributed by atoms with van der Waals surface area (Å²) in [7, 11) is 3.33. The van der Waals surface area contributed by atoms with Crippen molar-refractivity contribution >= 4 is 23.2 Å². The topological polar surface area (TPSA) is 64.2 Å². The standard InChI is InChI=1S/C13H14ClFN4O/c1-18(2)11(20)7-19-6-8(5-17-19)9-3-4-10(16)13(15)12(9)14/h3-6H,7,16H2,1-2H3. The molecule has 0 bridgehead atoms. The molecule has 1 heterocycles. The minimum absolute atomic E-state index is 0.00562. The Bertz CT molecular complexity index is 654. The van der Waals surface area contributed by atoms with Gasteiger partial charge in [0.2, 0.25) is 5.91 Å². The van der Waals surface area contributed by atoms with E-state index in [1.165, 1.54) is 21.8 Å². The fourth-order valence-electron chi connectivity index (χ4n) is 1.66. The first-order valence-electron chi connectivity index (χ1n) is 5.86. The van der Waals surface area contributed by atoms with Crippen LogP contribution in [0.3, 0.4) is 0 Å². The van der Waals surface area contributed by atoms with Gasteiger partial charge in [-0.2, -0.15) is 5.10 Å². The van der Waals surface area contributed by atoms with Crippen LogP contribution in [-0.2, 0) is 11.3 Å². The molecule has 2 N–H and O–H groups in total. The summed E-state index contributed by atoms with van der Waals surface area (Å²) >= 11 is 5.93. The summed E-state index contributed by atoms with van der Waals surface area (Å²) < 4.78 is 15.1. The number of amides is 1. The number of hydrogen-bond acceptors (Lipinski definition) is 3. The van der Waals surface area contributed by atoms with E-state index in [1.807, 2.05) is 0 Å². The van der Waals surface area contributed by atoms with Crippen LogP contribution < -0.4 is 5.73 Å². The first-order valence-corrected chi connectivity index (χ1v) is 6.24. The van der Waals surface area contributed by atoms with Gasteiger partial charge in [0.1, 0.15) is 6.54 Å². The predicted molar refractivity (Wildman–Crippen MR) is 75.7 cm³/mol. The Balaban J connectivity index is 2.30. The van der Waals surface area contributed by atoms with E-state index >= 15 is 0 Å². The molecular weight excluding hydrogens is 283 g/mol. The molecule has 1 aromatic heterocycles. The summed E-state index contributed by atoms with van der Waals surface area (Å²) in [5.41, 5.74) is 6.55. The highest BCUT2D eigenvalue weighted by Gasteiger charge is 2.13. The largest absolute Gasteiger partial charge is 0.396 e. The van der Waals surface area contributed by atoms with E-state index in [0.29, 0.717) is 11.1 Å². The van der Waals surface area contributed by atoms with E-state index in [9.17, 15) is 9.18 Å². The average Bonchev–Trinajstić information content (AvgIpc) is 2.84. The lowest BCUT2D eigenvalue weighted by molar-refractivity contribution is -0.129. The number of nitrogens with two attached hydrogens (primary N) is 1. The number of carbonyl (C=O) groups is 1. The third-order valence-corrected chi connectivity index (χ3v) is 3.22. The van der Waals surface area contributed by atoms with Crippen molar-refractivity contribution in [2.75, 3.05) is 19.8 Å². The fraction of sp³-hybridized carbons (Fsp3) is 0.231. The maximum atomic E-state index is 13.7. The maximum absolute atomic E-state index is 13.7. The molecule has 20 heavy (non-hydrogen) atoms. The van der Waals surface area contributed by atoms with E-state index in [4.69, 9.17) is 17.3 Å². The summed E-state index contributed by atoms with van der Waals surface area (Å²) in [6.45, 7) is 0.113. The van der Waals surface area contributed by atoms with Crippen LogP contribution in [0.25, 0.3) is 11.1 Å². The molecule has 5 nitrogen and oxygen atoms in total. The Morgan fingerprint density at radius 3 is 2.85 bits per heavy atom. The highest BCUT2D eigenvalue weighted by molar-refractivity contribution is 6.33. The minimum Gasteiger partial charge on any atom is -0.396 e. The Labute approximate surface area is 120 Å². The SMILES string of the molecule is CN(C)C(=O)Cn1cc(-c2ccc(N)c(F)c2Cl)cn1. The average molecular weight is 297 g/mol. The summed E-state index contributed by atoms with van der Waals surface area (Å²) in [4.78, 5) is 13.1. The molecule has 0 spiro atoms. The van der Waals surface area contributed by atoms with Crippen LogP contribution in [0.15, 0.2) is 24.5 Å².